The summed E-state index contributed by atoms with van der Waals surface area (Å²) >= 11 is 0. The monoisotopic (exact) mass is 251 g/mol. The van der Waals surface area contributed by atoms with Gasteiger partial charge in [0.25, 0.3) is 0 Å². The lowest BCUT2D eigenvalue weighted by atomic mass is 10.1. The van der Waals surface area contributed by atoms with Crippen LogP contribution >= 0.6 is 0 Å². The topological polar surface area (TPSA) is 43.3 Å². The maximum atomic E-state index is 5.91. The number of anilines is 1. The summed E-state index contributed by atoms with van der Waals surface area (Å²) in [5.41, 5.74) is 13.3. The SMILES string of the molecule is Cc1ccc(-c2nc3c(C)cc(N)cn3c2C)cc1. The second-order valence-electron chi connectivity index (χ2n) is 5.06. The molecule has 3 rings (SSSR count). The average molecular weight is 251 g/mol. The van der Waals surface area contributed by atoms with Crippen LogP contribution in [0.2, 0.25) is 0 Å². The lowest BCUT2D eigenvalue weighted by Crippen LogP contribution is -1.94. The number of nitrogen functional groups attached to an aromatic ring is 1. The standard InChI is InChI=1S/C16H17N3/c1-10-4-6-13(7-5-10)15-12(3)19-9-14(17)8-11(2)16(19)18-15/h4-9H,17H2,1-3H3. The molecule has 0 aliphatic rings. The predicted molar refractivity (Wildman–Crippen MR) is 79.3 cm³/mol. The highest BCUT2D eigenvalue weighted by Crippen LogP contribution is 2.26. The van der Waals surface area contributed by atoms with Crippen molar-refractivity contribution in [3.63, 3.8) is 0 Å². The molecular weight excluding hydrogens is 234 g/mol. The van der Waals surface area contributed by atoms with E-state index in [0.717, 1.165) is 33.8 Å². The maximum absolute atomic E-state index is 5.91. The molecule has 2 heterocycles. The van der Waals surface area contributed by atoms with Gasteiger partial charge in [0, 0.05) is 23.1 Å². The van der Waals surface area contributed by atoms with Crippen LogP contribution in [0, 0.1) is 20.8 Å². The van der Waals surface area contributed by atoms with Gasteiger partial charge < -0.3 is 10.1 Å². The van der Waals surface area contributed by atoms with E-state index in [1.165, 1.54) is 5.56 Å². The molecule has 0 aliphatic carbocycles. The quantitative estimate of drug-likeness (QED) is 0.719. The summed E-state index contributed by atoms with van der Waals surface area (Å²) in [7, 11) is 0. The lowest BCUT2D eigenvalue weighted by Gasteiger charge is -2.02. The fraction of sp³-hybridized carbons (Fsp3) is 0.188. The Morgan fingerprint density at radius 3 is 2.42 bits per heavy atom. The van der Waals surface area contributed by atoms with Crippen LogP contribution in [0.3, 0.4) is 0 Å². The third-order valence-electron chi connectivity index (χ3n) is 3.49. The van der Waals surface area contributed by atoms with Crippen LogP contribution in [0.5, 0.6) is 0 Å². The minimum Gasteiger partial charge on any atom is -0.398 e. The number of aromatic nitrogens is 2. The van der Waals surface area contributed by atoms with E-state index in [-0.39, 0.29) is 0 Å². The Morgan fingerprint density at radius 2 is 1.74 bits per heavy atom. The summed E-state index contributed by atoms with van der Waals surface area (Å²) < 4.78 is 2.07. The van der Waals surface area contributed by atoms with Gasteiger partial charge in [-0.25, -0.2) is 4.98 Å². The van der Waals surface area contributed by atoms with Crippen molar-refractivity contribution in [1.82, 2.24) is 9.38 Å². The van der Waals surface area contributed by atoms with Gasteiger partial charge in [0.15, 0.2) is 0 Å². The number of rotatable bonds is 1. The van der Waals surface area contributed by atoms with Crippen LogP contribution < -0.4 is 5.73 Å². The number of fused-ring (bicyclic) bond motifs is 1. The van der Waals surface area contributed by atoms with Crippen LogP contribution in [-0.2, 0) is 0 Å². The van der Waals surface area contributed by atoms with E-state index in [9.17, 15) is 0 Å². The van der Waals surface area contributed by atoms with Crippen LogP contribution in [0.25, 0.3) is 16.9 Å². The van der Waals surface area contributed by atoms with E-state index in [0.29, 0.717) is 0 Å². The molecule has 3 aromatic rings. The minimum atomic E-state index is 0.765. The van der Waals surface area contributed by atoms with Gasteiger partial charge in [0.05, 0.1) is 5.69 Å². The van der Waals surface area contributed by atoms with Gasteiger partial charge in [-0.3, -0.25) is 0 Å². The maximum Gasteiger partial charge on any atom is 0.140 e. The van der Waals surface area contributed by atoms with E-state index in [2.05, 4.69) is 42.5 Å². The van der Waals surface area contributed by atoms with Crippen molar-refractivity contribution in [2.24, 2.45) is 0 Å². The zero-order valence-electron chi connectivity index (χ0n) is 11.4. The normalized spacial score (nSPS) is 11.1. The molecule has 2 aromatic heterocycles. The number of nitrogens with zero attached hydrogens (tertiary/aromatic N) is 2. The molecule has 0 bridgehead atoms. The zero-order valence-corrected chi connectivity index (χ0v) is 11.4. The predicted octanol–water partition coefficient (Wildman–Crippen LogP) is 3.51. The molecule has 0 radical (unpaired) electrons. The molecule has 0 amide bonds. The summed E-state index contributed by atoms with van der Waals surface area (Å²) in [6, 6.07) is 10.4. The third-order valence-corrected chi connectivity index (χ3v) is 3.49. The van der Waals surface area contributed by atoms with Crippen molar-refractivity contribution >= 4 is 11.3 Å². The first-order valence-corrected chi connectivity index (χ1v) is 6.38. The van der Waals surface area contributed by atoms with Crippen molar-refractivity contribution < 1.29 is 0 Å². The van der Waals surface area contributed by atoms with Crippen LogP contribution in [0.1, 0.15) is 16.8 Å². The summed E-state index contributed by atoms with van der Waals surface area (Å²) in [5.74, 6) is 0. The van der Waals surface area contributed by atoms with E-state index in [1.54, 1.807) is 0 Å². The molecule has 96 valence electrons. The van der Waals surface area contributed by atoms with Crippen molar-refractivity contribution in [2.75, 3.05) is 5.73 Å². The summed E-state index contributed by atoms with van der Waals surface area (Å²) in [4.78, 5) is 4.76. The molecule has 0 atom stereocenters. The molecule has 0 saturated heterocycles. The summed E-state index contributed by atoms with van der Waals surface area (Å²) in [6.07, 6.45) is 1.93. The van der Waals surface area contributed by atoms with E-state index >= 15 is 0 Å². The van der Waals surface area contributed by atoms with Gasteiger partial charge in [-0.1, -0.05) is 29.8 Å². The Labute approximate surface area is 112 Å². The van der Waals surface area contributed by atoms with Gasteiger partial charge >= 0.3 is 0 Å². The van der Waals surface area contributed by atoms with Gasteiger partial charge in [0.2, 0.25) is 0 Å². The molecule has 0 spiro atoms. The molecule has 0 aliphatic heterocycles. The molecule has 19 heavy (non-hydrogen) atoms. The first-order chi connectivity index (χ1) is 9.06. The van der Waals surface area contributed by atoms with Gasteiger partial charge in [-0.15, -0.1) is 0 Å². The second-order valence-corrected chi connectivity index (χ2v) is 5.06. The number of aryl methyl sites for hydroxylation is 3. The van der Waals surface area contributed by atoms with Crippen molar-refractivity contribution in [2.45, 2.75) is 20.8 Å². The van der Waals surface area contributed by atoms with Crippen molar-refractivity contribution in [3.8, 4) is 11.3 Å². The smallest absolute Gasteiger partial charge is 0.140 e. The Hall–Kier alpha value is -2.29. The van der Waals surface area contributed by atoms with Crippen LogP contribution in [0.4, 0.5) is 5.69 Å². The number of pyridine rings is 1. The Balaban J connectivity index is 2.28. The number of benzene rings is 1. The zero-order chi connectivity index (χ0) is 13.6. The van der Waals surface area contributed by atoms with Gasteiger partial charge in [0.1, 0.15) is 5.65 Å². The van der Waals surface area contributed by atoms with Crippen LogP contribution in [-0.4, -0.2) is 9.38 Å². The molecule has 0 unspecified atom stereocenters. The Kier molecular flexibility index (Phi) is 2.56. The molecular formula is C16H17N3. The Bertz CT molecular complexity index is 752. The lowest BCUT2D eigenvalue weighted by molar-refractivity contribution is 1.10. The minimum absolute atomic E-state index is 0.765. The fourth-order valence-corrected chi connectivity index (χ4v) is 2.44. The molecule has 3 nitrogen and oxygen atoms in total. The molecule has 1 aromatic carbocycles. The molecule has 2 N–H and O–H groups in total. The highest BCUT2D eigenvalue weighted by Gasteiger charge is 2.12. The summed E-state index contributed by atoms with van der Waals surface area (Å²) in [5, 5.41) is 0. The number of imidazole rings is 1. The van der Waals surface area contributed by atoms with E-state index in [4.69, 9.17) is 10.7 Å². The number of hydrogen-bond acceptors (Lipinski definition) is 2. The summed E-state index contributed by atoms with van der Waals surface area (Å²) in [6.45, 7) is 6.20. The van der Waals surface area contributed by atoms with Gasteiger partial charge in [-0.2, -0.15) is 0 Å². The van der Waals surface area contributed by atoms with Crippen molar-refractivity contribution in [1.29, 1.82) is 0 Å². The van der Waals surface area contributed by atoms with E-state index < -0.39 is 0 Å². The number of nitrogens with two attached hydrogens (primary N) is 1. The highest BCUT2D eigenvalue weighted by molar-refractivity contribution is 5.69. The fourth-order valence-electron chi connectivity index (χ4n) is 2.44. The molecule has 0 fully saturated rings. The highest BCUT2D eigenvalue weighted by atomic mass is 15.0. The molecule has 3 heteroatoms. The first kappa shape index (κ1) is 11.8. The number of hydrogen-bond donors (Lipinski definition) is 1. The average Bonchev–Trinajstić information content (AvgIpc) is 2.69. The van der Waals surface area contributed by atoms with Crippen molar-refractivity contribution in [3.05, 3.63) is 53.3 Å². The first-order valence-electron chi connectivity index (χ1n) is 6.38. The largest absolute Gasteiger partial charge is 0.398 e. The van der Waals surface area contributed by atoms with E-state index in [1.807, 2.05) is 19.2 Å². The molecule has 0 saturated carbocycles. The second kappa shape index (κ2) is 4.12. The Morgan fingerprint density at radius 1 is 1.05 bits per heavy atom. The van der Waals surface area contributed by atoms with Gasteiger partial charge in [-0.05, 0) is 32.4 Å². The van der Waals surface area contributed by atoms with Crippen LogP contribution in [0.15, 0.2) is 36.5 Å². The third kappa shape index (κ3) is 1.87.